The van der Waals surface area contributed by atoms with Gasteiger partial charge in [-0.1, -0.05) is 12.1 Å². The van der Waals surface area contributed by atoms with E-state index in [1.165, 1.54) is 6.92 Å². The predicted octanol–water partition coefficient (Wildman–Crippen LogP) is 3.72. The van der Waals surface area contributed by atoms with Gasteiger partial charge in [0.1, 0.15) is 34.5 Å². The summed E-state index contributed by atoms with van der Waals surface area (Å²) in [6.45, 7) is 3.97. The van der Waals surface area contributed by atoms with Crippen molar-refractivity contribution in [3.05, 3.63) is 64.9 Å². The molecule has 3 unspecified atom stereocenters. The summed E-state index contributed by atoms with van der Waals surface area (Å²) in [5.74, 6) is 0.413. The normalized spacial score (nSPS) is 21.0. The Balaban J connectivity index is 1.30. The van der Waals surface area contributed by atoms with Crippen LogP contribution in [0.3, 0.4) is 0 Å². The first-order chi connectivity index (χ1) is 20.0. The molecule has 2 aliphatic rings. The molecule has 1 saturated heterocycles. The van der Waals surface area contributed by atoms with Gasteiger partial charge in [-0.2, -0.15) is 5.10 Å². The molecule has 42 heavy (non-hydrogen) atoms. The predicted molar refractivity (Wildman–Crippen MR) is 161 cm³/mol. The summed E-state index contributed by atoms with van der Waals surface area (Å²) >= 11 is 3.34. The zero-order chi connectivity index (χ0) is 29.8. The molecule has 0 radical (unpaired) electrons. The lowest BCUT2D eigenvalue weighted by Crippen LogP contribution is -2.46. The molecule has 3 atom stereocenters. The van der Waals surface area contributed by atoms with E-state index in [2.05, 4.69) is 46.2 Å². The maximum atomic E-state index is 14.0. The zero-order valence-corrected chi connectivity index (χ0v) is 25.4. The van der Waals surface area contributed by atoms with Crippen LogP contribution in [0, 0.1) is 12.3 Å². The zero-order valence-electron chi connectivity index (χ0n) is 23.8. The molecular formula is C30H31BrN8O3. The summed E-state index contributed by atoms with van der Waals surface area (Å²) < 4.78 is 2.18. The van der Waals surface area contributed by atoms with E-state index in [4.69, 9.17) is 0 Å². The average molecular weight is 632 g/mol. The topological polar surface area (TPSA) is 126 Å². The third kappa shape index (κ3) is 5.20. The molecule has 0 bridgehead atoms. The number of fused-ring (bicyclic) bond motifs is 2. The largest absolute Gasteiger partial charge is 0.325 e. The standard InChI is InChI=1S/C30H31BrN8O3/c1-17(40)28-21-10-19(20-13-32-18(2)33-14-20)8-9-22(21)38(36-28)15-27(41)39-23(11-30(12-24(30)39)16-37(3)4)29(42)35-26-7-5-6-25(31)34-26/h5-10,13-14,23-24H,11-12,15-16H2,1-4H3,(H,34,35,42). The number of likely N-dealkylation sites (tertiary alicyclic amines) is 1. The molecule has 6 rings (SSSR count). The molecule has 1 N–H and O–H groups in total. The quantitative estimate of drug-likeness (QED) is 0.231. The van der Waals surface area contributed by atoms with Gasteiger partial charge in [-0.15, -0.1) is 0 Å². The smallest absolute Gasteiger partial charge is 0.248 e. The number of benzene rings is 1. The van der Waals surface area contributed by atoms with Crippen LogP contribution in [-0.2, 0) is 16.1 Å². The minimum absolute atomic E-state index is 0.0409. The molecule has 2 fully saturated rings. The van der Waals surface area contributed by atoms with Crippen molar-refractivity contribution in [3.63, 3.8) is 0 Å². The number of nitrogens with one attached hydrogen (secondary N) is 1. The molecule has 1 aliphatic carbocycles. The number of halogens is 1. The van der Waals surface area contributed by atoms with Crippen LogP contribution in [0.2, 0.25) is 0 Å². The lowest BCUT2D eigenvalue weighted by atomic mass is 9.98. The third-order valence-electron chi connectivity index (χ3n) is 8.09. The first-order valence-corrected chi connectivity index (χ1v) is 14.5. The fraction of sp³-hybridized carbons (Fsp3) is 0.367. The Labute approximate surface area is 251 Å². The summed E-state index contributed by atoms with van der Waals surface area (Å²) in [5, 5.41) is 8.11. The van der Waals surface area contributed by atoms with Gasteiger partial charge in [0.15, 0.2) is 5.78 Å². The number of pyridine rings is 1. The summed E-state index contributed by atoms with van der Waals surface area (Å²) in [5.41, 5.74) is 2.49. The van der Waals surface area contributed by atoms with Gasteiger partial charge in [0.05, 0.1) is 5.52 Å². The molecule has 4 heterocycles. The van der Waals surface area contributed by atoms with Crippen LogP contribution >= 0.6 is 15.9 Å². The Morgan fingerprint density at radius 3 is 2.55 bits per heavy atom. The number of hydrogen-bond donors (Lipinski definition) is 1. The van der Waals surface area contributed by atoms with Gasteiger partial charge in [0.2, 0.25) is 11.8 Å². The van der Waals surface area contributed by atoms with Crippen LogP contribution in [0.5, 0.6) is 0 Å². The van der Waals surface area contributed by atoms with Crippen molar-refractivity contribution in [1.29, 1.82) is 0 Å². The lowest BCUT2D eigenvalue weighted by molar-refractivity contribution is -0.138. The molecule has 216 valence electrons. The maximum Gasteiger partial charge on any atom is 0.248 e. The van der Waals surface area contributed by atoms with Crippen molar-refractivity contribution in [2.45, 2.75) is 45.3 Å². The van der Waals surface area contributed by atoms with Crippen molar-refractivity contribution in [1.82, 2.24) is 34.5 Å². The van der Waals surface area contributed by atoms with E-state index in [0.29, 0.717) is 33.6 Å². The van der Waals surface area contributed by atoms with Crippen LogP contribution < -0.4 is 5.32 Å². The highest BCUT2D eigenvalue weighted by molar-refractivity contribution is 9.10. The highest BCUT2D eigenvalue weighted by Crippen LogP contribution is 2.60. The molecule has 2 amide bonds. The number of piperidine rings is 1. The number of ketones is 1. The number of hydrogen-bond acceptors (Lipinski definition) is 8. The van der Waals surface area contributed by atoms with E-state index in [0.717, 1.165) is 24.1 Å². The minimum Gasteiger partial charge on any atom is -0.325 e. The van der Waals surface area contributed by atoms with Gasteiger partial charge in [0, 0.05) is 48.3 Å². The second-order valence-corrected chi connectivity index (χ2v) is 12.3. The number of anilines is 1. The van der Waals surface area contributed by atoms with E-state index >= 15 is 0 Å². The van der Waals surface area contributed by atoms with Gasteiger partial charge in [-0.05, 0) is 79.6 Å². The van der Waals surface area contributed by atoms with Gasteiger partial charge >= 0.3 is 0 Å². The highest BCUT2D eigenvalue weighted by Gasteiger charge is 2.67. The van der Waals surface area contributed by atoms with E-state index in [1.54, 1.807) is 40.2 Å². The lowest BCUT2D eigenvalue weighted by Gasteiger charge is -2.27. The Kier molecular flexibility index (Phi) is 7.14. The van der Waals surface area contributed by atoms with Crippen LogP contribution in [0.25, 0.3) is 22.0 Å². The summed E-state index contributed by atoms with van der Waals surface area (Å²) in [6.07, 6.45) is 4.89. The SMILES string of the molecule is CC(=O)c1nn(CC(=O)N2C(C(=O)Nc3cccc(Br)n3)CC3(CN(C)C)CC23)c2ccc(-c3cnc(C)nc3)cc12. The highest BCUT2D eigenvalue weighted by atomic mass is 79.9. The second kappa shape index (κ2) is 10.7. The Morgan fingerprint density at radius 1 is 1.10 bits per heavy atom. The van der Waals surface area contributed by atoms with E-state index in [9.17, 15) is 14.4 Å². The van der Waals surface area contributed by atoms with Gasteiger partial charge < -0.3 is 15.1 Å². The number of aryl methyl sites for hydroxylation is 1. The Bertz CT molecular complexity index is 1720. The fourth-order valence-electron chi connectivity index (χ4n) is 6.25. The molecule has 1 aromatic carbocycles. The molecule has 12 heteroatoms. The van der Waals surface area contributed by atoms with Crippen molar-refractivity contribution in [3.8, 4) is 11.1 Å². The van der Waals surface area contributed by atoms with Gasteiger partial charge in [-0.25, -0.2) is 15.0 Å². The first kappa shape index (κ1) is 28.1. The molecule has 3 aromatic heterocycles. The van der Waals surface area contributed by atoms with E-state index < -0.39 is 6.04 Å². The average Bonchev–Trinajstić information content (AvgIpc) is 3.33. The number of amides is 2. The first-order valence-electron chi connectivity index (χ1n) is 13.7. The molecule has 0 spiro atoms. The van der Waals surface area contributed by atoms with Crippen LogP contribution in [-0.4, -0.2) is 84.9 Å². The van der Waals surface area contributed by atoms with Crippen molar-refractivity contribution < 1.29 is 14.4 Å². The van der Waals surface area contributed by atoms with Crippen LogP contribution in [0.15, 0.2) is 53.4 Å². The molecule has 4 aromatic rings. The van der Waals surface area contributed by atoms with Crippen LogP contribution in [0.1, 0.15) is 36.1 Å². The molecule has 1 aliphatic heterocycles. The summed E-state index contributed by atoms with van der Waals surface area (Å²) in [7, 11) is 4.01. The minimum atomic E-state index is -0.640. The summed E-state index contributed by atoms with van der Waals surface area (Å²) in [4.78, 5) is 56.8. The Morgan fingerprint density at radius 2 is 1.86 bits per heavy atom. The fourth-order valence-corrected chi connectivity index (χ4v) is 6.59. The number of nitrogens with zero attached hydrogens (tertiary/aromatic N) is 7. The third-order valence-corrected chi connectivity index (χ3v) is 8.53. The number of carbonyl (C=O) groups excluding carboxylic acids is 3. The maximum absolute atomic E-state index is 14.0. The number of aromatic nitrogens is 5. The van der Waals surface area contributed by atoms with E-state index in [1.807, 2.05) is 39.2 Å². The monoisotopic (exact) mass is 630 g/mol. The number of carbonyl (C=O) groups is 3. The molecular weight excluding hydrogens is 600 g/mol. The number of Topliss-reactive ketones (excluding diaryl/α,β-unsaturated/α-hetero) is 1. The second-order valence-electron chi connectivity index (χ2n) is 11.5. The summed E-state index contributed by atoms with van der Waals surface area (Å²) in [6, 6.07) is 10.3. The van der Waals surface area contributed by atoms with Gasteiger partial charge in [0.25, 0.3) is 0 Å². The Hall–Kier alpha value is -4.03. The molecule has 1 saturated carbocycles. The van der Waals surface area contributed by atoms with Crippen molar-refractivity contribution in [2.75, 3.05) is 26.0 Å². The van der Waals surface area contributed by atoms with Gasteiger partial charge in [-0.3, -0.25) is 19.1 Å². The molecule has 11 nitrogen and oxygen atoms in total. The number of rotatable bonds is 8. The van der Waals surface area contributed by atoms with Crippen molar-refractivity contribution >= 4 is 50.2 Å². The van der Waals surface area contributed by atoms with Crippen molar-refractivity contribution in [2.24, 2.45) is 5.41 Å². The van der Waals surface area contributed by atoms with Crippen LogP contribution in [0.4, 0.5) is 5.82 Å². The van der Waals surface area contributed by atoms with E-state index in [-0.39, 0.29) is 41.3 Å².